The second-order valence-electron chi connectivity index (χ2n) is 5.00. The Morgan fingerprint density at radius 1 is 0.957 bits per heavy atom. The molecule has 0 aliphatic rings. The fourth-order valence-corrected chi connectivity index (χ4v) is 2.20. The van der Waals surface area contributed by atoms with E-state index in [1.807, 2.05) is 30.3 Å². The molecule has 0 aliphatic heterocycles. The maximum atomic E-state index is 12.1. The first-order valence-corrected chi connectivity index (χ1v) is 6.98. The maximum Gasteiger partial charge on any atom is 0.271 e. The van der Waals surface area contributed by atoms with Crippen molar-refractivity contribution in [2.75, 3.05) is 0 Å². The van der Waals surface area contributed by atoms with E-state index in [4.69, 9.17) is 0 Å². The van der Waals surface area contributed by atoms with Crippen LogP contribution in [0.1, 0.15) is 15.9 Å². The molecule has 3 N–H and O–H groups in total. The Morgan fingerprint density at radius 3 is 2.52 bits per heavy atom. The van der Waals surface area contributed by atoms with Crippen LogP contribution in [0, 0.1) is 0 Å². The first kappa shape index (κ1) is 14.6. The van der Waals surface area contributed by atoms with Crippen molar-refractivity contribution in [3.05, 3.63) is 71.8 Å². The Hall–Kier alpha value is -3.34. The van der Waals surface area contributed by atoms with Crippen molar-refractivity contribution in [1.29, 1.82) is 0 Å². The Bertz CT molecular complexity index is 904. The predicted octanol–water partition coefficient (Wildman–Crippen LogP) is 3.01. The molecule has 0 saturated carbocycles. The van der Waals surface area contributed by atoms with Gasteiger partial charge in [-0.1, -0.05) is 30.3 Å². The van der Waals surface area contributed by atoms with Gasteiger partial charge in [0.25, 0.3) is 5.91 Å². The molecule has 114 valence electrons. The van der Waals surface area contributed by atoms with Crippen LogP contribution in [-0.4, -0.2) is 22.3 Å². The van der Waals surface area contributed by atoms with Crippen LogP contribution in [0.5, 0.6) is 11.5 Å². The molecule has 0 radical (unpaired) electrons. The van der Waals surface area contributed by atoms with Gasteiger partial charge in [-0.05, 0) is 35.0 Å². The minimum absolute atomic E-state index is 0.0418. The molecule has 3 aromatic carbocycles. The Labute approximate surface area is 132 Å². The monoisotopic (exact) mass is 306 g/mol. The lowest BCUT2D eigenvalue weighted by atomic mass is 10.1. The summed E-state index contributed by atoms with van der Waals surface area (Å²) in [6.45, 7) is 0. The van der Waals surface area contributed by atoms with Crippen molar-refractivity contribution in [2.45, 2.75) is 0 Å². The first-order valence-electron chi connectivity index (χ1n) is 6.98. The smallest absolute Gasteiger partial charge is 0.271 e. The van der Waals surface area contributed by atoms with Crippen LogP contribution in [0.15, 0.2) is 65.8 Å². The van der Waals surface area contributed by atoms with Crippen LogP contribution in [-0.2, 0) is 0 Å². The SMILES string of the molecule is O=C(N/N=C\c1ccc(O)cc1O)c1ccc2ccccc2c1. The number of rotatable bonds is 3. The molecule has 0 fully saturated rings. The van der Waals surface area contributed by atoms with Gasteiger partial charge in [0.2, 0.25) is 0 Å². The predicted molar refractivity (Wildman–Crippen MR) is 88.8 cm³/mol. The molecule has 5 nitrogen and oxygen atoms in total. The molecule has 0 heterocycles. The number of fused-ring (bicyclic) bond motifs is 1. The zero-order valence-corrected chi connectivity index (χ0v) is 12.1. The fourth-order valence-electron chi connectivity index (χ4n) is 2.20. The summed E-state index contributed by atoms with van der Waals surface area (Å²) in [6, 6.07) is 17.3. The summed E-state index contributed by atoms with van der Waals surface area (Å²) in [7, 11) is 0. The number of phenolic OH excluding ortho intramolecular Hbond substituents is 2. The van der Waals surface area contributed by atoms with Crippen molar-refractivity contribution in [3.63, 3.8) is 0 Å². The summed E-state index contributed by atoms with van der Waals surface area (Å²) in [5.41, 5.74) is 3.30. The van der Waals surface area contributed by atoms with Crippen molar-refractivity contribution in [3.8, 4) is 11.5 Å². The average molecular weight is 306 g/mol. The van der Waals surface area contributed by atoms with Gasteiger partial charge >= 0.3 is 0 Å². The second kappa shape index (κ2) is 6.19. The van der Waals surface area contributed by atoms with Crippen molar-refractivity contribution in [1.82, 2.24) is 5.43 Å². The van der Waals surface area contributed by atoms with E-state index in [2.05, 4.69) is 10.5 Å². The van der Waals surface area contributed by atoms with Gasteiger partial charge in [-0.15, -0.1) is 0 Å². The lowest BCUT2D eigenvalue weighted by Crippen LogP contribution is -2.17. The first-order chi connectivity index (χ1) is 11.1. The number of nitrogens with one attached hydrogen (secondary N) is 1. The van der Waals surface area contributed by atoms with Crippen LogP contribution in [0.4, 0.5) is 0 Å². The minimum Gasteiger partial charge on any atom is -0.508 e. The molecule has 3 rings (SSSR count). The van der Waals surface area contributed by atoms with Gasteiger partial charge in [0.15, 0.2) is 0 Å². The molecule has 0 unspecified atom stereocenters. The highest BCUT2D eigenvalue weighted by molar-refractivity contribution is 5.99. The molecule has 1 amide bonds. The lowest BCUT2D eigenvalue weighted by Gasteiger charge is -2.03. The topological polar surface area (TPSA) is 81.9 Å². The van der Waals surface area contributed by atoms with E-state index < -0.39 is 0 Å². The number of hydrazone groups is 1. The number of hydrogen-bond donors (Lipinski definition) is 3. The summed E-state index contributed by atoms with van der Waals surface area (Å²) < 4.78 is 0. The van der Waals surface area contributed by atoms with Crippen molar-refractivity contribution >= 4 is 22.9 Å². The van der Waals surface area contributed by atoms with E-state index in [1.165, 1.54) is 24.4 Å². The molecule has 3 aromatic rings. The van der Waals surface area contributed by atoms with E-state index >= 15 is 0 Å². The number of aromatic hydroxyl groups is 2. The molecule has 0 aliphatic carbocycles. The second-order valence-corrected chi connectivity index (χ2v) is 5.00. The quantitative estimate of drug-likeness (QED) is 0.514. The van der Waals surface area contributed by atoms with Gasteiger partial charge in [0.05, 0.1) is 6.21 Å². The molecule has 0 saturated heterocycles. The highest BCUT2D eigenvalue weighted by Gasteiger charge is 2.05. The molecule has 0 bridgehead atoms. The summed E-state index contributed by atoms with van der Waals surface area (Å²) in [6.07, 6.45) is 1.31. The lowest BCUT2D eigenvalue weighted by molar-refractivity contribution is 0.0955. The summed E-state index contributed by atoms with van der Waals surface area (Å²) in [5.74, 6) is -0.501. The zero-order valence-electron chi connectivity index (χ0n) is 12.1. The molecular formula is C18H14N2O3. The van der Waals surface area contributed by atoms with Crippen LogP contribution in [0.25, 0.3) is 10.8 Å². The summed E-state index contributed by atoms with van der Waals surface area (Å²) in [5, 5.41) is 24.7. The molecule has 5 heteroatoms. The largest absolute Gasteiger partial charge is 0.508 e. The van der Waals surface area contributed by atoms with E-state index in [-0.39, 0.29) is 17.4 Å². The van der Waals surface area contributed by atoms with Gasteiger partial charge in [-0.25, -0.2) is 5.43 Å². The third-order valence-electron chi connectivity index (χ3n) is 3.40. The van der Waals surface area contributed by atoms with Gasteiger partial charge in [0, 0.05) is 17.2 Å². The Morgan fingerprint density at radius 2 is 1.74 bits per heavy atom. The van der Waals surface area contributed by atoms with Gasteiger partial charge < -0.3 is 10.2 Å². The number of carbonyl (C=O) groups is 1. The van der Waals surface area contributed by atoms with Gasteiger partial charge in [-0.3, -0.25) is 4.79 Å². The van der Waals surface area contributed by atoms with Crippen LogP contribution >= 0.6 is 0 Å². The molecular weight excluding hydrogens is 292 g/mol. The van der Waals surface area contributed by atoms with Crippen LogP contribution < -0.4 is 5.43 Å². The van der Waals surface area contributed by atoms with Crippen LogP contribution in [0.2, 0.25) is 0 Å². The number of phenols is 2. The minimum atomic E-state index is -0.342. The third kappa shape index (κ3) is 3.29. The molecule has 0 aromatic heterocycles. The van der Waals surface area contributed by atoms with Gasteiger partial charge in [-0.2, -0.15) is 5.10 Å². The number of benzene rings is 3. The van der Waals surface area contributed by atoms with E-state index in [0.29, 0.717) is 11.1 Å². The number of carbonyl (C=O) groups excluding carboxylic acids is 1. The maximum absolute atomic E-state index is 12.1. The molecule has 23 heavy (non-hydrogen) atoms. The average Bonchev–Trinajstić information content (AvgIpc) is 2.56. The fraction of sp³-hybridized carbons (Fsp3) is 0. The number of hydrogen-bond acceptors (Lipinski definition) is 4. The summed E-state index contributed by atoms with van der Waals surface area (Å²) >= 11 is 0. The molecule has 0 spiro atoms. The highest BCUT2D eigenvalue weighted by Crippen LogP contribution is 2.20. The summed E-state index contributed by atoms with van der Waals surface area (Å²) in [4.78, 5) is 12.1. The Balaban J connectivity index is 1.74. The van der Waals surface area contributed by atoms with Crippen molar-refractivity contribution in [2.24, 2.45) is 5.10 Å². The Kier molecular flexibility index (Phi) is 3.93. The van der Waals surface area contributed by atoms with Gasteiger partial charge in [0.1, 0.15) is 11.5 Å². The van der Waals surface area contributed by atoms with E-state index in [9.17, 15) is 15.0 Å². The standard InChI is InChI=1S/C18H14N2O3/c21-16-8-7-15(17(22)10-16)11-19-20-18(23)14-6-5-12-3-1-2-4-13(12)9-14/h1-11,21-22H,(H,20,23)/b19-11-. The van der Waals surface area contributed by atoms with Crippen LogP contribution in [0.3, 0.4) is 0 Å². The highest BCUT2D eigenvalue weighted by atomic mass is 16.3. The molecule has 0 atom stereocenters. The van der Waals surface area contributed by atoms with E-state index in [0.717, 1.165) is 10.8 Å². The zero-order chi connectivity index (χ0) is 16.2. The number of nitrogens with zero attached hydrogens (tertiary/aromatic N) is 1. The number of amides is 1. The van der Waals surface area contributed by atoms with E-state index in [1.54, 1.807) is 12.1 Å². The van der Waals surface area contributed by atoms with Crippen molar-refractivity contribution < 1.29 is 15.0 Å². The normalized spacial score (nSPS) is 11.0. The third-order valence-corrected chi connectivity index (χ3v) is 3.40.